The number of carbonyl (C=O) groups is 1. The lowest BCUT2D eigenvalue weighted by atomic mass is 9.93. The van der Waals surface area contributed by atoms with Gasteiger partial charge in [0.1, 0.15) is 11.3 Å². The van der Waals surface area contributed by atoms with Gasteiger partial charge in [-0.2, -0.15) is 0 Å². The molecule has 3 heteroatoms. The Balaban J connectivity index is 2.35. The predicted molar refractivity (Wildman–Crippen MR) is 66.6 cm³/mol. The first-order valence-electron chi connectivity index (χ1n) is 6.19. The average Bonchev–Trinajstić information content (AvgIpc) is 2.65. The number of imidazole rings is 1. The third-order valence-electron chi connectivity index (χ3n) is 3.62. The van der Waals surface area contributed by atoms with Gasteiger partial charge < -0.3 is 0 Å². The number of ketones is 1. The van der Waals surface area contributed by atoms with E-state index < -0.39 is 0 Å². The molecule has 0 saturated carbocycles. The maximum Gasteiger partial charge on any atom is 0.178 e. The van der Waals surface area contributed by atoms with Gasteiger partial charge in [-0.15, -0.1) is 0 Å². The number of carbonyl (C=O) groups excluding carboxylic acids is 1. The number of aromatic nitrogens is 2. The van der Waals surface area contributed by atoms with Crippen LogP contribution >= 0.6 is 0 Å². The second-order valence-corrected chi connectivity index (χ2v) is 4.82. The number of fused-ring (bicyclic) bond motifs is 3. The zero-order valence-electron chi connectivity index (χ0n) is 10.3. The van der Waals surface area contributed by atoms with E-state index in [0.29, 0.717) is 0 Å². The number of hydrogen-bond acceptors (Lipinski definition) is 2. The lowest BCUT2D eigenvalue weighted by Gasteiger charge is -2.16. The summed E-state index contributed by atoms with van der Waals surface area (Å²) >= 11 is 0. The molecule has 3 nitrogen and oxygen atoms in total. The van der Waals surface area contributed by atoms with Crippen LogP contribution in [0.3, 0.4) is 0 Å². The fraction of sp³-hybridized carbons (Fsp3) is 0.429. The van der Waals surface area contributed by atoms with Crippen LogP contribution in [0.25, 0.3) is 5.65 Å². The van der Waals surface area contributed by atoms with Crippen molar-refractivity contribution in [3.8, 4) is 0 Å². The summed E-state index contributed by atoms with van der Waals surface area (Å²) in [7, 11) is 0. The van der Waals surface area contributed by atoms with Crippen LogP contribution in [-0.4, -0.2) is 15.2 Å². The molecule has 0 spiro atoms. The van der Waals surface area contributed by atoms with Crippen molar-refractivity contribution in [3.05, 3.63) is 34.8 Å². The molecule has 17 heavy (non-hydrogen) atoms. The van der Waals surface area contributed by atoms with E-state index in [9.17, 15) is 4.79 Å². The van der Waals surface area contributed by atoms with E-state index in [2.05, 4.69) is 11.1 Å². The molecule has 1 aliphatic rings. The van der Waals surface area contributed by atoms with Gasteiger partial charge in [-0.05, 0) is 49.8 Å². The molecule has 0 saturated heterocycles. The molecule has 2 aromatic rings. The van der Waals surface area contributed by atoms with Crippen molar-refractivity contribution in [3.63, 3.8) is 0 Å². The summed E-state index contributed by atoms with van der Waals surface area (Å²) in [5, 5.41) is 0. The summed E-state index contributed by atoms with van der Waals surface area (Å²) in [4.78, 5) is 16.2. The number of nitrogens with zero attached hydrogens (tertiary/aromatic N) is 2. The molecule has 0 fully saturated rings. The Morgan fingerprint density at radius 2 is 2.12 bits per heavy atom. The highest BCUT2D eigenvalue weighted by molar-refractivity contribution is 5.94. The second-order valence-electron chi connectivity index (χ2n) is 4.82. The average molecular weight is 228 g/mol. The zero-order chi connectivity index (χ0) is 12.0. The Labute approximate surface area is 100 Å². The normalized spacial score (nSPS) is 14.9. The lowest BCUT2D eigenvalue weighted by Crippen LogP contribution is -2.07. The minimum Gasteiger partial charge on any atom is -0.297 e. The molecule has 0 radical (unpaired) electrons. The monoisotopic (exact) mass is 228 g/mol. The third-order valence-corrected chi connectivity index (χ3v) is 3.62. The molecular formula is C14H16N2O. The van der Waals surface area contributed by atoms with Gasteiger partial charge in [-0.25, -0.2) is 4.98 Å². The van der Waals surface area contributed by atoms with Crippen LogP contribution in [0.15, 0.2) is 12.3 Å². The van der Waals surface area contributed by atoms with Crippen LogP contribution in [0.5, 0.6) is 0 Å². The molecule has 0 atom stereocenters. The summed E-state index contributed by atoms with van der Waals surface area (Å²) in [6, 6.07) is 2.15. The zero-order valence-corrected chi connectivity index (χ0v) is 10.3. The van der Waals surface area contributed by atoms with E-state index in [4.69, 9.17) is 0 Å². The predicted octanol–water partition coefficient (Wildman–Crippen LogP) is 2.72. The fourth-order valence-electron chi connectivity index (χ4n) is 2.86. The second kappa shape index (κ2) is 3.69. The first kappa shape index (κ1) is 10.5. The fourth-order valence-corrected chi connectivity index (χ4v) is 2.86. The highest BCUT2D eigenvalue weighted by Crippen LogP contribution is 2.26. The van der Waals surface area contributed by atoms with Crippen molar-refractivity contribution in [2.75, 3.05) is 0 Å². The number of aryl methyl sites for hydroxylation is 3. The van der Waals surface area contributed by atoms with E-state index in [1.165, 1.54) is 24.0 Å². The standard InChI is InChI=1S/C14H16N2O/c1-9-13(10(2)17)16-8-7-11-5-3-4-6-12(11)14(16)15-9/h7-8H,3-6H2,1-2H3. The van der Waals surface area contributed by atoms with Gasteiger partial charge in [0.05, 0.1) is 5.69 Å². The Bertz CT molecular complexity index is 610. The van der Waals surface area contributed by atoms with Crippen molar-refractivity contribution in [1.82, 2.24) is 9.38 Å². The Kier molecular flexibility index (Phi) is 2.28. The van der Waals surface area contributed by atoms with Crippen LogP contribution in [0.2, 0.25) is 0 Å². The minimum absolute atomic E-state index is 0.0887. The highest BCUT2D eigenvalue weighted by Gasteiger charge is 2.18. The van der Waals surface area contributed by atoms with Crippen LogP contribution < -0.4 is 0 Å². The smallest absolute Gasteiger partial charge is 0.178 e. The minimum atomic E-state index is 0.0887. The summed E-state index contributed by atoms with van der Waals surface area (Å²) in [5.41, 5.74) is 5.31. The molecular weight excluding hydrogens is 212 g/mol. The maximum atomic E-state index is 11.6. The number of rotatable bonds is 1. The number of hydrogen-bond donors (Lipinski definition) is 0. The first-order valence-corrected chi connectivity index (χ1v) is 6.19. The van der Waals surface area contributed by atoms with Gasteiger partial charge in [0, 0.05) is 13.1 Å². The molecule has 0 N–H and O–H groups in total. The van der Waals surface area contributed by atoms with Gasteiger partial charge in [-0.1, -0.05) is 0 Å². The maximum absolute atomic E-state index is 11.6. The molecule has 88 valence electrons. The van der Waals surface area contributed by atoms with Crippen LogP contribution in [0, 0.1) is 6.92 Å². The molecule has 0 bridgehead atoms. The van der Waals surface area contributed by atoms with Gasteiger partial charge >= 0.3 is 0 Å². The Hall–Kier alpha value is -1.64. The first-order chi connectivity index (χ1) is 8.18. The summed E-state index contributed by atoms with van der Waals surface area (Å²) in [6.07, 6.45) is 6.73. The lowest BCUT2D eigenvalue weighted by molar-refractivity contribution is 0.101. The van der Waals surface area contributed by atoms with Crippen molar-refractivity contribution < 1.29 is 4.79 Å². The van der Waals surface area contributed by atoms with Crippen molar-refractivity contribution in [2.45, 2.75) is 39.5 Å². The molecule has 0 aliphatic heterocycles. The molecule has 0 amide bonds. The molecule has 2 aromatic heterocycles. The van der Waals surface area contributed by atoms with Gasteiger partial charge in [0.25, 0.3) is 0 Å². The van der Waals surface area contributed by atoms with Crippen molar-refractivity contribution >= 4 is 11.4 Å². The molecule has 2 heterocycles. The van der Waals surface area contributed by atoms with Gasteiger partial charge in [-0.3, -0.25) is 9.20 Å². The number of Topliss-reactive ketones (excluding diaryl/α,β-unsaturated/α-hetero) is 1. The highest BCUT2D eigenvalue weighted by atomic mass is 16.1. The molecule has 3 rings (SSSR count). The third kappa shape index (κ3) is 1.49. The number of pyridine rings is 1. The van der Waals surface area contributed by atoms with Crippen molar-refractivity contribution in [2.24, 2.45) is 0 Å². The topological polar surface area (TPSA) is 34.4 Å². The SMILES string of the molecule is CC(=O)c1c(C)nc2c3c(ccn12)CCCC3. The van der Waals surface area contributed by atoms with E-state index in [1.807, 2.05) is 17.5 Å². The van der Waals surface area contributed by atoms with Crippen LogP contribution in [0.1, 0.15) is 47.1 Å². The van der Waals surface area contributed by atoms with Crippen LogP contribution in [-0.2, 0) is 12.8 Å². The largest absolute Gasteiger partial charge is 0.297 e. The summed E-state index contributed by atoms with van der Waals surface area (Å²) in [5.74, 6) is 0.0887. The summed E-state index contributed by atoms with van der Waals surface area (Å²) in [6.45, 7) is 3.52. The van der Waals surface area contributed by atoms with Crippen LogP contribution in [0.4, 0.5) is 0 Å². The van der Waals surface area contributed by atoms with Gasteiger partial charge in [0.15, 0.2) is 5.78 Å². The van der Waals surface area contributed by atoms with E-state index in [1.54, 1.807) is 6.92 Å². The Morgan fingerprint density at radius 1 is 1.35 bits per heavy atom. The summed E-state index contributed by atoms with van der Waals surface area (Å²) < 4.78 is 1.96. The molecule has 0 unspecified atom stereocenters. The molecule has 1 aliphatic carbocycles. The van der Waals surface area contributed by atoms with E-state index in [-0.39, 0.29) is 5.78 Å². The van der Waals surface area contributed by atoms with E-state index >= 15 is 0 Å². The quantitative estimate of drug-likeness (QED) is 0.703. The Morgan fingerprint density at radius 3 is 2.88 bits per heavy atom. The van der Waals surface area contributed by atoms with Crippen molar-refractivity contribution in [1.29, 1.82) is 0 Å². The van der Waals surface area contributed by atoms with E-state index in [0.717, 1.165) is 29.9 Å². The molecule has 0 aromatic carbocycles. The van der Waals surface area contributed by atoms with Gasteiger partial charge in [0.2, 0.25) is 0 Å².